The Kier molecular flexibility index (Phi) is 4.34. The van der Waals surface area contributed by atoms with E-state index in [-0.39, 0.29) is 22.7 Å². The largest absolute Gasteiger partial charge is 0.487 e. The Morgan fingerprint density at radius 1 is 1.38 bits per heavy atom. The van der Waals surface area contributed by atoms with Crippen molar-refractivity contribution in [3.05, 3.63) is 33.0 Å². The van der Waals surface area contributed by atoms with Crippen LogP contribution in [0.15, 0.2) is 21.5 Å². The monoisotopic (exact) mass is 433 g/mol. The van der Waals surface area contributed by atoms with Crippen LogP contribution in [0.1, 0.15) is 18.2 Å². The van der Waals surface area contributed by atoms with Crippen molar-refractivity contribution < 1.29 is 13.2 Å². The Bertz CT molecular complexity index is 927. The Labute approximate surface area is 154 Å². The summed E-state index contributed by atoms with van der Waals surface area (Å²) in [6.45, 7) is 5.60. The molecule has 0 fully saturated rings. The van der Waals surface area contributed by atoms with Gasteiger partial charge in [0.05, 0.1) is 17.9 Å². The van der Waals surface area contributed by atoms with Gasteiger partial charge in [-0.3, -0.25) is 8.99 Å². The standard InChI is InChI=1S/C15H17BrClN3O3S/c1-8-5-13-12(6-11(8)16)20(7-9(2)23-13)24(21,22)14-10(3)18-19(4)15(14)17/h5-6,9H,7H2,1-4H3/t9-/m0/s1. The minimum Gasteiger partial charge on any atom is -0.487 e. The molecule has 0 radical (unpaired) electrons. The molecule has 130 valence electrons. The number of fused-ring (bicyclic) bond motifs is 1. The van der Waals surface area contributed by atoms with E-state index in [1.165, 1.54) is 8.99 Å². The number of benzene rings is 1. The predicted molar refractivity (Wildman–Crippen MR) is 96.5 cm³/mol. The third-order valence-electron chi connectivity index (χ3n) is 3.91. The van der Waals surface area contributed by atoms with Crippen LogP contribution < -0.4 is 9.04 Å². The molecule has 0 amide bonds. The van der Waals surface area contributed by atoms with Crippen LogP contribution in [0.3, 0.4) is 0 Å². The van der Waals surface area contributed by atoms with Crippen LogP contribution in [0.25, 0.3) is 0 Å². The summed E-state index contributed by atoms with van der Waals surface area (Å²) in [5.74, 6) is 0.538. The molecular weight excluding hydrogens is 418 g/mol. The molecule has 1 aliphatic heterocycles. The SMILES string of the molecule is Cc1cc2c(cc1Br)N(S(=O)(=O)c1c(C)nn(C)c1Cl)C[C@H](C)O2. The molecule has 9 heteroatoms. The number of rotatable bonds is 2. The summed E-state index contributed by atoms with van der Waals surface area (Å²) in [5, 5.41) is 4.21. The summed E-state index contributed by atoms with van der Waals surface area (Å²) < 4.78 is 35.9. The highest BCUT2D eigenvalue weighted by Gasteiger charge is 2.37. The number of hydrogen-bond acceptors (Lipinski definition) is 4. The summed E-state index contributed by atoms with van der Waals surface area (Å²) in [6.07, 6.45) is -0.274. The first-order valence-corrected chi connectivity index (χ1v) is 9.92. The maximum absolute atomic E-state index is 13.3. The number of ether oxygens (including phenoxy) is 1. The van der Waals surface area contributed by atoms with Gasteiger partial charge in [-0.15, -0.1) is 0 Å². The molecule has 0 aliphatic carbocycles. The molecule has 0 saturated heterocycles. The first kappa shape index (κ1) is 17.6. The fourth-order valence-corrected chi connectivity index (χ4v) is 5.35. The van der Waals surface area contributed by atoms with Gasteiger partial charge in [-0.1, -0.05) is 27.5 Å². The molecule has 2 heterocycles. The molecule has 1 aromatic heterocycles. The van der Waals surface area contributed by atoms with E-state index < -0.39 is 10.0 Å². The van der Waals surface area contributed by atoms with Crippen molar-refractivity contribution in [3.63, 3.8) is 0 Å². The Morgan fingerprint density at radius 2 is 2.04 bits per heavy atom. The normalized spacial score (nSPS) is 17.6. The van der Waals surface area contributed by atoms with Gasteiger partial charge in [0.15, 0.2) is 0 Å². The molecule has 0 saturated carbocycles. The van der Waals surface area contributed by atoms with Crippen LogP contribution in [0.5, 0.6) is 5.75 Å². The predicted octanol–water partition coefficient (Wildman–Crippen LogP) is 3.43. The topological polar surface area (TPSA) is 64.4 Å². The maximum atomic E-state index is 13.3. The lowest BCUT2D eigenvalue weighted by Crippen LogP contribution is -2.42. The van der Waals surface area contributed by atoms with Gasteiger partial charge in [-0.25, -0.2) is 8.42 Å². The quantitative estimate of drug-likeness (QED) is 0.726. The van der Waals surface area contributed by atoms with Crippen LogP contribution in [-0.4, -0.2) is 30.8 Å². The smallest absolute Gasteiger partial charge is 0.269 e. The van der Waals surface area contributed by atoms with Gasteiger partial charge in [0.2, 0.25) is 0 Å². The number of sulfonamides is 1. The van der Waals surface area contributed by atoms with Gasteiger partial charge >= 0.3 is 0 Å². The van der Waals surface area contributed by atoms with Crippen LogP contribution in [0.2, 0.25) is 5.15 Å². The lowest BCUT2D eigenvalue weighted by atomic mass is 10.2. The van der Waals surface area contributed by atoms with Crippen LogP contribution in [0, 0.1) is 13.8 Å². The van der Waals surface area contributed by atoms with E-state index in [0.29, 0.717) is 17.1 Å². The summed E-state index contributed by atoms with van der Waals surface area (Å²) in [4.78, 5) is 0.0309. The maximum Gasteiger partial charge on any atom is 0.269 e. The van der Waals surface area contributed by atoms with E-state index in [2.05, 4.69) is 21.0 Å². The zero-order valence-corrected chi connectivity index (χ0v) is 16.8. The molecule has 0 bridgehead atoms. The summed E-state index contributed by atoms with van der Waals surface area (Å²) in [6, 6.07) is 3.59. The van der Waals surface area contributed by atoms with Crippen molar-refractivity contribution in [1.29, 1.82) is 0 Å². The second-order valence-corrected chi connectivity index (χ2v) is 8.87. The molecular formula is C15H17BrClN3O3S. The minimum atomic E-state index is -3.86. The molecule has 1 aromatic carbocycles. The number of aryl methyl sites for hydroxylation is 3. The Balaban J connectivity index is 2.21. The van der Waals surface area contributed by atoms with E-state index in [4.69, 9.17) is 16.3 Å². The average Bonchev–Trinajstić information content (AvgIpc) is 2.73. The van der Waals surface area contributed by atoms with Gasteiger partial charge in [-0.05, 0) is 38.5 Å². The molecule has 6 nitrogen and oxygen atoms in total. The first-order chi connectivity index (χ1) is 11.1. The minimum absolute atomic E-state index is 0.0309. The molecule has 0 N–H and O–H groups in total. The van der Waals surface area contributed by atoms with Crippen molar-refractivity contribution in [2.45, 2.75) is 31.8 Å². The lowest BCUT2D eigenvalue weighted by molar-refractivity contribution is 0.219. The Morgan fingerprint density at radius 3 is 2.62 bits per heavy atom. The second kappa shape index (κ2) is 5.93. The number of aromatic nitrogens is 2. The molecule has 1 atom stereocenters. The van der Waals surface area contributed by atoms with Gasteiger partial charge in [0, 0.05) is 11.5 Å². The third kappa shape index (κ3) is 2.70. The van der Waals surface area contributed by atoms with E-state index in [1.807, 2.05) is 19.9 Å². The van der Waals surface area contributed by atoms with Crippen molar-refractivity contribution >= 4 is 43.2 Å². The van der Waals surface area contributed by atoms with Crippen LogP contribution >= 0.6 is 27.5 Å². The van der Waals surface area contributed by atoms with Crippen molar-refractivity contribution in [1.82, 2.24) is 9.78 Å². The van der Waals surface area contributed by atoms with Crippen LogP contribution in [-0.2, 0) is 17.1 Å². The molecule has 24 heavy (non-hydrogen) atoms. The molecule has 0 spiro atoms. The number of anilines is 1. The average molecular weight is 435 g/mol. The highest BCUT2D eigenvalue weighted by Crippen LogP contribution is 2.41. The first-order valence-electron chi connectivity index (χ1n) is 7.31. The number of nitrogens with zero attached hydrogens (tertiary/aromatic N) is 3. The summed E-state index contributed by atoms with van der Waals surface area (Å²) in [7, 11) is -2.25. The number of halogens is 2. The van der Waals surface area contributed by atoms with Crippen LogP contribution in [0.4, 0.5) is 5.69 Å². The molecule has 0 unspecified atom stereocenters. The van der Waals surface area contributed by atoms with Gasteiger partial charge in [0.1, 0.15) is 21.9 Å². The molecule has 1 aliphatic rings. The fraction of sp³-hybridized carbons (Fsp3) is 0.400. The van der Waals surface area contributed by atoms with E-state index in [0.717, 1.165) is 10.0 Å². The Hall–Kier alpha value is -1.25. The van der Waals surface area contributed by atoms with E-state index >= 15 is 0 Å². The highest BCUT2D eigenvalue weighted by molar-refractivity contribution is 9.10. The van der Waals surface area contributed by atoms with Gasteiger partial charge < -0.3 is 4.74 Å². The highest BCUT2D eigenvalue weighted by atomic mass is 79.9. The fourth-order valence-electron chi connectivity index (χ4n) is 2.76. The summed E-state index contributed by atoms with van der Waals surface area (Å²) in [5.41, 5.74) is 1.83. The van der Waals surface area contributed by atoms with Gasteiger partial charge in [-0.2, -0.15) is 5.10 Å². The van der Waals surface area contributed by atoms with Gasteiger partial charge in [0.25, 0.3) is 10.0 Å². The van der Waals surface area contributed by atoms with Crippen molar-refractivity contribution in [3.8, 4) is 5.75 Å². The molecule has 3 rings (SSSR count). The van der Waals surface area contributed by atoms with Crippen molar-refractivity contribution in [2.24, 2.45) is 7.05 Å². The zero-order chi connectivity index (χ0) is 17.8. The van der Waals surface area contributed by atoms with Crippen molar-refractivity contribution in [2.75, 3.05) is 10.8 Å². The summed E-state index contributed by atoms with van der Waals surface area (Å²) >= 11 is 9.65. The third-order valence-corrected chi connectivity index (χ3v) is 7.24. The number of hydrogen-bond donors (Lipinski definition) is 0. The lowest BCUT2D eigenvalue weighted by Gasteiger charge is -2.34. The van der Waals surface area contributed by atoms with E-state index in [1.54, 1.807) is 20.0 Å². The zero-order valence-electron chi connectivity index (χ0n) is 13.7. The van der Waals surface area contributed by atoms with E-state index in [9.17, 15) is 8.42 Å². The second-order valence-electron chi connectivity index (χ2n) is 5.86. The molecule has 2 aromatic rings.